The molecule has 8 nitrogen and oxygen atoms in total. The third-order valence-electron chi connectivity index (χ3n) is 2.68. The Hall–Kier alpha value is -1.84. The SMILES string of the molecule is NCc1ncccc1S(=O)(=O)NCCCc1ncn[nH]1. The van der Waals surface area contributed by atoms with Crippen LogP contribution in [0, 0.1) is 0 Å². The lowest BCUT2D eigenvalue weighted by atomic mass is 10.3. The molecule has 0 aromatic carbocycles. The first-order valence-electron chi connectivity index (χ1n) is 6.11. The third kappa shape index (κ3) is 3.59. The molecule has 0 saturated heterocycles. The van der Waals surface area contributed by atoms with E-state index >= 15 is 0 Å². The Morgan fingerprint density at radius 1 is 1.35 bits per heavy atom. The van der Waals surface area contributed by atoms with E-state index in [1.54, 1.807) is 6.07 Å². The number of rotatable bonds is 7. The molecule has 0 aliphatic rings. The topological polar surface area (TPSA) is 127 Å². The smallest absolute Gasteiger partial charge is 0.242 e. The van der Waals surface area contributed by atoms with E-state index < -0.39 is 10.0 Å². The Kier molecular flexibility index (Phi) is 4.77. The minimum absolute atomic E-state index is 0.0785. The van der Waals surface area contributed by atoms with Gasteiger partial charge >= 0.3 is 0 Å². The maximum atomic E-state index is 12.1. The minimum Gasteiger partial charge on any atom is -0.325 e. The second-order valence-electron chi connectivity index (χ2n) is 4.09. The average Bonchev–Trinajstić information content (AvgIpc) is 2.97. The van der Waals surface area contributed by atoms with Gasteiger partial charge in [0.25, 0.3) is 0 Å². The fraction of sp³-hybridized carbons (Fsp3) is 0.364. The first-order valence-corrected chi connectivity index (χ1v) is 7.59. The molecule has 2 heterocycles. The van der Waals surface area contributed by atoms with Gasteiger partial charge < -0.3 is 5.73 Å². The lowest BCUT2D eigenvalue weighted by Gasteiger charge is -2.09. The van der Waals surface area contributed by atoms with Gasteiger partial charge in [-0.15, -0.1) is 0 Å². The highest BCUT2D eigenvalue weighted by atomic mass is 32.2. The van der Waals surface area contributed by atoms with Crippen molar-refractivity contribution in [1.82, 2.24) is 24.9 Å². The highest BCUT2D eigenvalue weighted by Crippen LogP contribution is 2.12. The molecule has 0 aliphatic carbocycles. The number of aromatic amines is 1. The Labute approximate surface area is 116 Å². The van der Waals surface area contributed by atoms with E-state index in [9.17, 15) is 8.42 Å². The summed E-state index contributed by atoms with van der Waals surface area (Å²) in [6, 6.07) is 3.07. The van der Waals surface area contributed by atoms with Crippen LogP contribution in [-0.4, -0.2) is 35.1 Å². The van der Waals surface area contributed by atoms with Crippen LogP contribution in [0.5, 0.6) is 0 Å². The molecule has 2 aromatic heterocycles. The molecular weight excluding hydrogens is 280 g/mol. The molecule has 0 bridgehead atoms. The molecule has 9 heteroatoms. The van der Waals surface area contributed by atoms with Gasteiger partial charge in [-0.2, -0.15) is 5.10 Å². The summed E-state index contributed by atoms with van der Waals surface area (Å²) in [5.74, 6) is 0.730. The normalized spacial score (nSPS) is 11.7. The lowest BCUT2D eigenvalue weighted by Crippen LogP contribution is -2.27. The van der Waals surface area contributed by atoms with Crippen LogP contribution in [0.4, 0.5) is 0 Å². The molecule has 0 saturated carbocycles. The van der Waals surface area contributed by atoms with Crippen molar-refractivity contribution >= 4 is 10.0 Å². The zero-order chi connectivity index (χ0) is 14.4. The van der Waals surface area contributed by atoms with Gasteiger partial charge in [-0.3, -0.25) is 10.1 Å². The molecule has 0 atom stereocenters. The Morgan fingerprint density at radius 2 is 2.20 bits per heavy atom. The van der Waals surface area contributed by atoms with Crippen molar-refractivity contribution in [2.24, 2.45) is 5.73 Å². The molecule has 0 unspecified atom stereocenters. The molecular formula is C11H16N6O2S. The van der Waals surface area contributed by atoms with Crippen molar-refractivity contribution in [2.75, 3.05) is 6.54 Å². The maximum absolute atomic E-state index is 12.1. The fourth-order valence-corrected chi connectivity index (χ4v) is 2.99. The Bertz CT molecular complexity index is 641. The molecule has 2 rings (SSSR count). The van der Waals surface area contributed by atoms with Crippen LogP contribution in [0.15, 0.2) is 29.6 Å². The minimum atomic E-state index is -3.58. The largest absolute Gasteiger partial charge is 0.325 e. The summed E-state index contributed by atoms with van der Waals surface area (Å²) in [5.41, 5.74) is 5.85. The summed E-state index contributed by atoms with van der Waals surface area (Å²) < 4.78 is 26.8. The van der Waals surface area contributed by atoms with Crippen molar-refractivity contribution in [2.45, 2.75) is 24.3 Å². The maximum Gasteiger partial charge on any atom is 0.242 e. The molecule has 0 fully saturated rings. The van der Waals surface area contributed by atoms with Gasteiger partial charge in [0.1, 0.15) is 17.0 Å². The number of H-pyrrole nitrogens is 1. The molecule has 0 spiro atoms. The average molecular weight is 296 g/mol. The van der Waals surface area contributed by atoms with Gasteiger partial charge in [0.2, 0.25) is 10.0 Å². The summed E-state index contributed by atoms with van der Waals surface area (Å²) in [4.78, 5) is 8.06. The standard InChI is InChI=1S/C11H16N6O2S/c12-7-9-10(3-1-5-13-9)20(18,19)16-6-2-4-11-14-8-15-17-11/h1,3,5,8,16H,2,4,6-7,12H2,(H,14,15,17). The molecule has 0 radical (unpaired) electrons. The molecule has 20 heavy (non-hydrogen) atoms. The van der Waals surface area contributed by atoms with Gasteiger partial charge in [-0.05, 0) is 18.6 Å². The van der Waals surface area contributed by atoms with Crippen LogP contribution in [0.3, 0.4) is 0 Å². The van der Waals surface area contributed by atoms with Crippen molar-refractivity contribution < 1.29 is 8.42 Å². The van der Waals surface area contributed by atoms with E-state index in [-0.39, 0.29) is 11.4 Å². The summed E-state index contributed by atoms with van der Waals surface area (Å²) in [7, 11) is -3.58. The predicted molar refractivity (Wildman–Crippen MR) is 72.0 cm³/mol. The summed E-state index contributed by atoms with van der Waals surface area (Å²) in [6.07, 6.45) is 4.18. The first kappa shape index (κ1) is 14.6. The number of hydrogen-bond donors (Lipinski definition) is 3. The molecule has 4 N–H and O–H groups in total. The third-order valence-corrected chi connectivity index (χ3v) is 4.21. The van der Waals surface area contributed by atoms with Crippen molar-refractivity contribution in [3.8, 4) is 0 Å². The summed E-state index contributed by atoms with van der Waals surface area (Å²) >= 11 is 0. The molecule has 108 valence electrons. The van der Waals surface area contributed by atoms with E-state index in [0.717, 1.165) is 5.82 Å². The lowest BCUT2D eigenvalue weighted by molar-refractivity contribution is 0.576. The van der Waals surface area contributed by atoms with Gasteiger partial charge in [-0.25, -0.2) is 18.1 Å². The highest BCUT2D eigenvalue weighted by Gasteiger charge is 2.17. The number of nitrogens with two attached hydrogens (primary N) is 1. The molecule has 0 aliphatic heterocycles. The zero-order valence-electron chi connectivity index (χ0n) is 10.8. The Balaban J connectivity index is 1.94. The van der Waals surface area contributed by atoms with Crippen LogP contribution in [0.2, 0.25) is 0 Å². The molecule has 2 aromatic rings. The van der Waals surface area contributed by atoms with Crippen LogP contribution in [-0.2, 0) is 23.0 Å². The highest BCUT2D eigenvalue weighted by molar-refractivity contribution is 7.89. The van der Waals surface area contributed by atoms with Gasteiger partial charge in [0, 0.05) is 25.7 Å². The van der Waals surface area contributed by atoms with Crippen LogP contribution < -0.4 is 10.5 Å². The number of hydrogen-bond acceptors (Lipinski definition) is 6. The van der Waals surface area contributed by atoms with Crippen LogP contribution in [0.1, 0.15) is 17.9 Å². The number of nitrogens with one attached hydrogen (secondary N) is 2. The predicted octanol–water partition coefficient (Wildman–Crippen LogP) is -0.430. The second-order valence-corrected chi connectivity index (χ2v) is 5.82. The van der Waals surface area contributed by atoms with Gasteiger partial charge in [0.15, 0.2) is 0 Å². The second kappa shape index (κ2) is 6.55. The number of sulfonamides is 1. The number of aryl methyl sites for hydroxylation is 1. The van der Waals surface area contributed by atoms with Crippen LogP contribution >= 0.6 is 0 Å². The first-order chi connectivity index (χ1) is 9.63. The van der Waals surface area contributed by atoms with Gasteiger partial charge in [0.05, 0.1) is 5.69 Å². The summed E-state index contributed by atoms with van der Waals surface area (Å²) in [5, 5.41) is 6.44. The Morgan fingerprint density at radius 3 is 2.90 bits per heavy atom. The zero-order valence-corrected chi connectivity index (χ0v) is 11.6. The monoisotopic (exact) mass is 296 g/mol. The quantitative estimate of drug-likeness (QED) is 0.595. The van der Waals surface area contributed by atoms with Crippen molar-refractivity contribution in [1.29, 1.82) is 0 Å². The van der Waals surface area contributed by atoms with E-state index in [1.165, 1.54) is 18.6 Å². The van der Waals surface area contributed by atoms with E-state index in [1.807, 2.05) is 0 Å². The van der Waals surface area contributed by atoms with Crippen molar-refractivity contribution in [3.05, 3.63) is 36.2 Å². The van der Waals surface area contributed by atoms with E-state index in [0.29, 0.717) is 25.1 Å². The van der Waals surface area contributed by atoms with Gasteiger partial charge in [-0.1, -0.05) is 0 Å². The molecule has 0 amide bonds. The number of nitrogens with zero attached hydrogens (tertiary/aromatic N) is 3. The van der Waals surface area contributed by atoms with E-state index in [2.05, 4.69) is 24.9 Å². The number of pyridine rings is 1. The van der Waals surface area contributed by atoms with Crippen molar-refractivity contribution in [3.63, 3.8) is 0 Å². The summed E-state index contributed by atoms with van der Waals surface area (Å²) in [6.45, 7) is 0.386. The van der Waals surface area contributed by atoms with E-state index in [4.69, 9.17) is 5.73 Å². The van der Waals surface area contributed by atoms with Crippen LogP contribution in [0.25, 0.3) is 0 Å². The fourth-order valence-electron chi connectivity index (χ4n) is 1.71. The number of aromatic nitrogens is 4.